The topological polar surface area (TPSA) is 35.5 Å². The summed E-state index contributed by atoms with van der Waals surface area (Å²) in [6.07, 6.45) is 0. The highest BCUT2D eigenvalue weighted by molar-refractivity contribution is 6.36. The third-order valence-electron chi connectivity index (χ3n) is 1.70. The summed E-state index contributed by atoms with van der Waals surface area (Å²) in [5.74, 6) is -0.224. The second kappa shape index (κ2) is 5.24. The Kier molecular flexibility index (Phi) is 4.24. The van der Waals surface area contributed by atoms with E-state index in [1.54, 1.807) is 6.92 Å². The monoisotopic (exact) mass is 248 g/mol. The predicted molar refractivity (Wildman–Crippen MR) is 59.0 cm³/mol. The van der Waals surface area contributed by atoms with Gasteiger partial charge in [0, 0.05) is 5.02 Å². The minimum absolute atomic E-state index is 0.233. The van der Waals surface area contributed by atoms with Crippen molar-refractivity contribution >= 4 is 29.2 Å². The zero-order valence-electron chi connectivity index (χ0n) is 8.34. The molecule has 15 heavy (non-hydrogen) atoms. The Hall–Kier alpha value is -0.930. The zero-order valence-corrected chi connectivity index (χ0v) is 9.85. The fraction of sp³-hybridized carbons (Fsp3) is 0.300. The molecule has 0 aromatic heterocycles. The second-order valence-electron chi connectivity index (χ2n) is 2.69. The summed E-state index contributed by atoms with van der Waals surface area (Å²) in [5.41, 5.74) is 0.233. The van der Waals surface area contributed by atoms with Crippen LogP contribution in [0.2, 0.25) is 10.0 Å². The van der Waals surface area contributed by atoms with E-state index in [2.05, 4.69) is 4.74 Å². The van der Waals surface area contributed by atoms with Gasteiger partial charge in [-0.2, -0.15) is 0 Å². The van der Waals surface area contributed by atoms with Crippen LogP contribution in [0.25, 0.3) is 0 Å². The van der Waals surface area contributed by atoms with E-state index < -0.39 is 5.97 Å². The molecule has 0 heterocycles. The molecule has 0 fully saturated rings. The van der Waals surface area contributed by atoms with Gasteiger partial charge in [-0.3, -0.25) is 0 Å². The Morgan fingerprint density at radius 2 is 2.07 bits per heavy atom. The SMILES string of the molecule is CCOc1c(Cl)cc(Cl)cc1C(=O)OC. The Morgan fingerprint density at radius 1 is 1.40 bits per heavy atom. The molecule has 0 unspecified atom stereocenters. The van der Waals surface area contributed by atoms with Gasteiger partial charge in [0.25, 0.3) is 0 Å². The molecular formula is C10H10Cl2O3. The van der Waals surface area contributed by atoms with E-state index in [9.17, 15) is 4.79 Å². The molecule has 0 spiro atoms. The summed E-state index contributed by atoms with van der Waals surface area (Å²) in [7, 11) is 1.28. The fourth-order valence-corrected chi connectivity index (χ4v) is 1.66. The largest absolute Gasteiger partial charge is 0.491 e. The van der Waals surface area contributed by atoms with Gasteiger partial charge < -0.3 is 9.47 Å². The first-order valence-corrected chi connectivity index (χ1v) is 5.05. The number of hydrogen-bond acceptors (Lipinski definition) is 3. The maximum Gasteiger partial charge on any atom is 0.341 e. The Balaban J connectivity index is 3.26. The van der Waals surface area contributed by atoms with Gasteiger partial charge in [0.05, 0.1) is 18.7 Å². The van der Waals surface area contributed by atoms with Crippen LogP contribution in [-0.4, -0.2) is 19.7 Å². The van der Waals surface area contributed by atoms with Gasteiger partial charge in [0.1, 0.15) is 5.56 Å². The van der Waals surface area contributed by atoms with Crippen LogP contribution in [0.1, 0.15) is 17.3 Å². The predicted octanol–water partition coefficient (Wildman–Crippen LogP) is 3.18. The molecule has 5 heteroatoms. The standard InChI is InChI=1S/C10H10Cl2O3/c1-3-15-9-7(10(13)14-2)4-6(11)5-8(9)12/h4-5H,3H2,1-2H3. The lowest BCUT2D eigenvalue weighted by molar-refractivity contribution is 0.0596. The van der Waals surface area contributed by atoms with Gasteiger partial charge in [0.15, 0.2) is 5.75 Å². The van der Waals surface area contributed by atoms with Crippen molar-refractivity contribution < 1.29 is 14.3 Å². The minimum Gasteiger partial charge on any atom is -0.491 e. The van der Waals surface area contributed by atoms with Gasteiger partial charge in [0.2, 0.25) is 0 Å². The van der Waals surface area contributed by atoms with Crippen molar-refractivity contribution in [2.75, 3.05) is 13.7 Å². The van der Waals surface area contributed by atoms with E-state index in [1.165, 1.54) is 19.2 Å². The summed E-state index contributed by atoms with van der Waals surface area (Å²) in [6.45, 7) is 2.21. The molecule has 0 saturated carbocycles. The van der Waals surface area contributed by atoms with Crippen molar-refractivity contribution in [2.24, 2.45) is 0 Å². The lowest BCUT2D eigenvalue weighted by atomic mass is 10.2. The smallest absolute Gasteiger partial charge is 0.341 e. The van der Waals surface area contributed by atoms with Gasteiger partial charge in [-0.15, -0.1) is 0 Å². The number of halogens is 2. The van der Waals surface area contributed by atoms with E-state index >= 15 is 0 Å². The van der Waals surface area contributed by atoms with Crippen molar-refractivity contribution in [2.45, 2.75) is 6.92 Å². The molecule has 0 radical (unpaired) electrons. The lowest BCUT2D eigenvalue weighted by Gasteiger charge is -2.10. The Labute approximate surface area is 97.9 Å². The number of ether oxygens (including phenoxy) is 2. The highest BCUT2D eigenvalue weighted by Gasteiger charge is 2.17. The first kappa shape index (κ1) is 12.1. The number of carbonyl (C=O) groups excluding carboxylic acids is 1. The van der Waals surface area contributed by atoms with Crippen LogP contribution in [0.3, 0.4) is 0 Å². The highest BCUT2D eigenvalue weighted by atomic mass is 35.5. The summed E-state index contributed by atoms with van der Waals surface area (Å²) >= 11 is 11.7. The van der Waals surface area contributed by atoms with Crippen LogP contribution in [0.15, 0.2) is 12.1 Å². The minimum atomic E-state index is -0.525. The summed E-state index contributed by atoms with van der Waals surface area (Å²) in [5, 5.41) is 0.661. The van der Waals surface area contributed by atoms with Crippen LogP contribution in [-0.2, 0) is 4.74 Å². The Bertz CT molecular complexity index is 377. The molecule has 0 N–H and O–H groups in total. The zero-order chi connectivity index (χ0) is 11.4. The molecule has 0 aliphatic rings. The summed E-state index contributed by atoms with van der Waals surface area (Å²) < 4.78 is 9.85. The van der Waals surface area contributed by atoms with Crippen molar-refractivity contribution in [3.63, 3.8) is 0 Å². The van der Waals surface area contributed by atoms with Gasteiger partial charge in [-0.25, -0.2) is 4.79 Å². The normalized spacial score (nSPS) is 9.87. The molecule has 0 saturated heterocycles. The van der Waals surface area contributed by atoms with Crippen LogP contribution >= 0.6 is 23.2 Å². The van der Waals surface area contributed by atoms with Crippen molar-refractivity contribution in [3.05, 3.63) is 27.7 Å². The van der Waals surface area contributed by atoms with E-state index in [-0.39, 0.29) is 5.56 Å². The molecule has 0 amide bonds. The number of benzene rings is 1. The number of methoxy groups -OCH3 is 1. The van der Waals surface area contributed by atoms with E-state index in [0.29, 0.717) is 22.4 Å². The van der Waals surface area contributed by atoms with Crippen molar-refractivity contribution in [1.29, 1.82) is 0 Å². The summed E-state index contributed by atoms with van der Waals surface area (Å²) in [4.78, 5) is 11.4. The third-order valence-corrected chi connectivity index (χ3v) is 2.20. The van der Waals surface area contributed by atoms with Crippen LogP contribution in [0.4, 0.5) is 0 Å². The molecule has 0 aliphatic carbocycles. The van der Waals surface area contributed by atoms with E-state index in [4.69, 9.17) is 27.9 Å². The lowest BCUT2D eigenvalue weighted by Crippen LogP contribution is -2.06. The van der Waals surface area contributed by atoms with Crippen molar-refractivity contribution in [3.8, 4) is 5.75 Å². The molecule has 0 atom stereocenters. The summed E-state index contributed by atoms with van der Waals surface area (Å²) in [6, 6.07) is 2.98. The highest BCUT2D eigenvalue weighted by Crippen LogP contribution is 2.32. The third kappa shape index (κ3) is 2.76. The van der Waals surface area contributed by atoms with Crippen LogP contribution < -0.4 is 4.74 Å². The molecular weight excluding hydrogens is 239 g/mol. The number of carbonyl (C=O) groups is 1. The van der Waals surface area contributed by atoms with E-state index in [1.807, 2.05) is 0 Å². The maximum atomic E-state index is 11.4. The molecule has 1 aromatic rings. The van der Waals surface area contributed by atoms with Crippen LogP contribution in [0.5, 0.6) is 5.75 Å². The first-order chi connectivity index (χ1) is 7.10. The number of hydrogen-bond donors (Lipinski definition) is 0. The van der Waals surface area contributed by atoms with Gasteiger partial charge in [-0.05, 0) is 19.1 Å². The molecule has 1 rings (SSSR count). The van der Waals surface area contributed by atoms with Crippen molar-refractivity contribution in [1.82, 2.24) is 0 Å². The number of rotatable bonds is 3. The molecule has 0 bridgehead atoms. The second-order valence-corrected chi connectivity index (χ2v) is 3.53. The average molecular weight is 249 g/mol. The number of esters is 1. The molecule has 3 nitrogen and oxygen atoms in total. The average Bonchev–Trinajstić information content (AvgIpc) is 2.20. The Morgan fingerprint density at radius 3 is 2.60 bits per heavy atom. The molecule has 82 valence electrons. The van der Waals surface area contributed by atoms with Gasteiger partial charge >= 0.3 is 5.97 Å². The first-order valence-electron chi connectivity index (χ1n) is 4.30. The molecule has 1 aromatic carbocycles. The molecule has 0 aliphatic heterocycles. The van der Waals surface area contributed by atoms with Crippen LogP contribution in [0, 0.1) is 0 Å². The fourth-order valence-electron chi connectivity index (χ4n) is 1.11. The maximum absolute atomic E-state index is 11.4. The van der Waals surface area contributed by atoms with Gasteiger partial charge in [-0.1, -0.05) is 23.2 Å². The quantitative estimate of drug-likeness (QED) is 0.771. The van der Waals surface area contributed by atoms with E-state index in [0.717, 1.165) is 0 Å².